The lowest BCUT2D eigenvalue weighted by Crippen LogP contribution is -2.42. The first-order valence-corrected chi connectivity index (χ1v) is 7.93. The maximum atomic E-state index is 12.4. The Hall–Kier alpha value is -2.16. The fourth-order valence-corrected chi connectivity index (χ4v) is 3.28. The van der Waals surface area contributed by atoms with Crippen molar-refractivity contribution in [1.82, 2.24) is 4.72 Å². The van der Waals surface area contributed by atoms with E-state index >= 15 is 0 Å². The number of sulfonamides is 1. The average Bonchev–Trinajstić information content (AvgIpc) is 2.48. The molecule has 0 spiro atoms. The summed E-state index contributed by atoms with van der Waals surface area (Å²) in [6.45, 7) is 3.43. The van der Waals surface area contributed by atoms with Crippen LogP contribution in [0.3, 0.4) is 0 Å². The molecular formula is C16H16N2O2S. The van der Waals surface area contributed by atoms with E-state index in [2.05, 4.69) is 4.72 Å². The maximum absolute atomic E-state index is 12.4. The molecule has 1 atom stereocenters. The first-order valence-electron chi connectivity index (χ1n) is 6.45. The topological polar surface area (TPSA) is 70.0 Å². The van der Waals surface area contributed by atoms with Crippen LogP contribution >= 0.6 is 0 Å². The lowest BCUT2D eigenvalue weighted by atomic mass is 9.95. The van der Waals surface area contributed by atoms with Crippen molar-refractivity contribution < 1.29 is 8.42 Å². The van der Waals surface area contributed by atoms with E-state index in [1.807, 2.05) is 19.1 Å². The normalized spacial score (nSPS) is 14.1. The third-order valence-corrected chi connectivity index (χ3v) is 4.81. The number of benzene rings is 2. The Balaban J connectivity index is 2.39. The maximum Gasteiger partial charge on any atom is 0.242 e. The molecule has 5 heteroatoms. The molecule has 108 valence electrons. The van der Waals surface area contributed by atoms with Crippen LogP contribution < -0.4 is 4.72 Å². The third-order valence-electron chi connectivity index (χ3n) is 3.24. The minimum Gasteiger partial charge on any atom is -0.207 e. The first kappa shape index (κ1) is 15.2. The molecule has 0 saturated carbocycles. The zero-order chi connectivity index (χ0) is 15.5. The summed E-state index contributed by atoms with van der Waals surface area (Å²) in [7, 11) is -3.77. The smallest absolute Gasteiger partial charge is 0.207 e. The highest BCUT2D eigenvalue weighted by Gasteiger charge is 2.32. The Morgan fingerprint density at radius 1 is 1.05 bits per heavy atom. The molecule has 1 N–H and O–H groups in total. The van der Waals surface area contributed by atoms with Crippen molar-refractivity contribution in [2.75, 3.05) is 0 Å². The zero-order valence-corrected chi connectivity index (χ0v) is 12.7. The van der Waals surface area contributed by atoms with E-state index in [0.717, 1.165) is 5.56 Å². The first-order chi connectivity index (χ1) is 9.87. The van der Waals surface area contributed by atoms with Gasteiger partial charge < -0.3 is 0 Å². The van der Waals surface area contributed by atoms with Crippen molar-refractivity contribution in [2.24, 2.45) is 0 Å². The van der Waals surface area contributed by atoms with Crippen LogP contribution in [0.5, 0.6) is 0 Å². The number of hydrogen-bond acceptors (Lipinski definition) is 3. The Kier molecular flexibility index (Phi) is 4.12. The SMILES string of the molecule is Cc1ccc(S(=O)(=O)N[C@](C)(C#N)c2ccccc2)cc1. The molecule has 0 fully saturated rings. The highest BCUT2D eigenvalue weighted by molar-refractivity contribution is 7.89. The van der Waals surface area contributed by atoms with Crippen molar-refractivity contribution in [2.45, 2.75) is 24.3 Å². The molecule has 4 nitrogen and oxygen atoms in total. The quantitative estimate of drug-likeness (QED) is 0.943. The van der Waals surface area contributed by atoms with Crippen LogP contribution in [0.1, 0.15) is 18.1 Å². The monoisotopic (exact) mass is 300 g/mol. The van der Waals surface area contributed by atoms with Gasteiger partial charge in [0.1, 0.15) is 5.54 Å². The van der Waals surface area contributed by atoms with Crippen molar-refractivity contribution >= 4 is 10.0 Å². The van der Waals surface area contributed by atoms with E-state index in [4.69, 9.17) is 0 Å². The summed E-state index contributed by atoms with van der Waals surface area (Å²) in [5.74, 6) is 0. The molecule has 0 radical (unpaired) electrons. The van der Waals surface area contributed by atoms with Gasteiger partial charge in [0.15, 0.2) is 0 Å². The summed E-state index contributed by atoms with van der Waals surface area (Å²) in [5.41, 5.74) is 0.258. The third kappa shape index (κ3) is 3.30. The summed E-state index contributed by atoms with van der Waals surface area (Å²) >= 11 is 0. The fourth-order valence-electron chi connectivity index (χ4n) is 1.96. The molecule has 0 bridgehead atoms. The Morgan fingerprint density at radius 3 is 2.14 bits per heavy atom. The summed E-state index contributed by atoms with van der Waals surface area (Å²) in [6, 6.07) is 17.3. The van der Waals surface area contributed by atoms with E-state index in [1.54, 1.807) is 43.3 Å². The van der Waals surface area contributed by atoms with Crippen LogP contribution in [-0.4, -0.2) is 8.42 Å². The van der Waals surface area contributed by atoms with Crippen LogP contribution in [0.4, 0.5) is 0 Å². The van der Waals surface area contributed by atoms with Gasteiger partial charge in [-0.1, -0.05) is 48.0 Å². The van der Waals surface area contributed by atoms with E-state index in [0.29, 0.717) is 5.56 Å². The van der Waals surface area contributed by atoms with Gasteiger partial charge in [-0.2, -0.15) is 9.98 Å². The number of hydrogen-bond donors (Lipinski definition) is 1. The molecule has 0 heterocycles. The van der Waals surface area contributed by atoms with Crippen molar-refractivity contribution in [3.8, 4) is 6.07 Å². The molecule has 2 aromatic carbocycles. The summed E-state index contributed by atoms with van der Waals surface area (Å²) in [4.78, 5) is 0.144. The van der Waals surface area contributed by atoms with E-state index in [9.17, 15) is 13.7 Å². The van der Waals surface area contributed by atoms with E-state index in [-0.39, 0.29) is 4.90 Å². The molecule has 2 aromatic rings. The molecule has 0 amide bonds. The van der Waals surface area contributed by atoms with Crippen LogP contribution in [-0.2, 0) is 15.6 Å². The van der Waals surface area contributed by atoms with Gasteiger partial charge in [-0.15, -0.1) is 0 Å². The van der Waals surface area contributed by atoms with Crippen LogP contribution in [0.25, 0.3) is 0 Å². The predicted molar refractivity (Wildman–Crippen MR) is 80.9 cm³/mol. The lowest BCUT2D eigenvalue weighted by molar-refractivity contribution is 0.524. The second-order valence-corrected chi connectivity index (χ2v) is 6.70. The molecule has 0 saturated heterocycles. The van der Waals surface area contributed by atoms with Gasteiger partial charge in [0.25, 0.3) is 0 Å². The number of nitrogens with zero attached hydrogens (tertiary/aromatic N) is 1. The minimum absolute atomic E-state index is 0.144. The van der Waals surface area contributed by atoms with Gasteiger partial charge in [0, 0.05) is 0 Å². The van der Waals surface area contributed by atoms with Gasteiger partial charge in [-0.05, 0) is 31.5 Å². The lowest BCUT2D eigenvalue weighted by Gasteiger charge is -2.23. The van der Waals surface area contributed by atoms with Gasteiger partial charge in [-0.3, -0.25) is 0 Å². The van der Waals surface area contributed by atoms with E-state index in [1.165, 1.54) is 12.1 Å². The molecule has 0 aliphatic carbocycles. The molecule has 21 heavy (non-hydrogen) atoms. The second-order valence-electron chi connectivity index (χ2n) is 5.02. The Labute approximate surface area is 125 Å². The van der Waals surface area contributed by atoms with Crippen molar-refractivity contribution in [3.63, 3.8) is 0 Å². The molecule has 0 aliphatic rings. The minimum atomic E-state index is -3.77. The summed E-state index contributed by atoms with van der Waals surface area (Å²) in [6.07, 6.45) is 0. The summed E-state index contributed by atoms with van der Waals surface area (Å²) < 4.78 is 27.3. The van der Waals surface area contributed by atoms with E-state index < -0.39 is 15.6 Å². The van der Waals surface area contributed by atoms with Crippen LogP contribution in [0.15, 0.2) is 59.5 Å². The van der Waals surface area contributed by atoms with Gasteiger partial charge >= 0.3 is 0 Å². The number of nitrogens with one attached hydrogen (secondary N) is 1. The number of nitriles is 1. The molecule has 0 aliphatic heterocycles. The molecule has 2 rings (SSSR count). The average molecular weight is 300 g/mol. The fraction of sp³-hybridized carbons (Fsp3) is 0.188. The van der Waals surface area contributed by atoms with Crippen LogP contribution in [0, 0.1) is 18.3 Å². The standard InChI is InChI=1S/C16H16N2O2S/c1-13-8-10-15(11-9-13)21(19,20)18-16(2,12-17)14-6-4-3-5-7-14/h3-11,18H,1-2H3/t16-/m1/s1. The predicted octanol–water partition coefficient (Wildman–Crippen LogP) is 2.71. The number of aryl methyl sites for hydroxylation is 1. The molecule has 0 unspecified atom stereocenters. The van der Waals surface area contributed by atoms with Gasteiger partial charge in [0.05, 0.1) is 11.0 Å². The number of rotatable bonds is 4. The van der Waals surface area contributed by atoms with Crippen molar-refractivity contribution in [3.05, 3.63) is 65.7 Å². The van der Waals surface area contributed by atoms with Crippen molar-refractivity contribution in [1.29, 1.82) is 5.26 Å². The highest BCUT2D eigenvalue weighted by Crippen LogP contribution is 2.23. The Morgan fingerprint density at radius 2 is 1.62 bits per heavy atom. The highest BCUT2D eigenvalue weighted by atomic mass is 32.2. The summed E-state index contributed by atoms with van der Waals surface area (Å²) in [5, 5.41) is 9.42. The largest absolute Gasteiger partial charge is 0.242 e. The van der Waals surface area contributed by atoms with Gasteiger partial charge in [0.2, 0.25) is 10.0 Å². The van der Waals surface area contributed by atoms with Crippen LogP contribution in [0.2, 0.25) is 0 Å². The molecule has 0 aromatic heterocycles. The molecular weight excluding hydrogens is 284 g/mol. The zero-order valence-electron chi connectivity index (χ0n) is 11.9. The Bertz CT molecular complexity index is 762. The second kappa shape index (κ2) is 5.68. The van der Waals surface area contributed by atoms with Gasteiger partial charge in [-0.25, -0.2) is 8.42 Å².